The molecule has 12 nitrogen and oxygen atoms in total. The van der Waals surface area contributed by atoms with E-state index in [1.807, 2.05) is 0 Å². The zero-order chi connectivity index (χ0) is 29.7. The number of rotatable bonds is 15. The van der Waals surface area contributed by atoms with Crippen LogP contribution in [0.15, 0.2) is 30.4 Å². The molecule has 224 valence electrons. The lowest BCUT2D eigenvalue weighted by Crippen LogP contribution is -2.58. The zero-order valence-electron chi connectivity index (χ0n) is 23.2. The average molecular weight is 568 g/mol. The Kier molecular flexibility index (Phi) is 14.0. The highest BCUT2D eigenvalue weighted by Crippen LogP contribution is 2.28. The van der Waals surface area contributed by atoms with Gasteiger partial charge in [-0.15, -0.1) is 0 Å². The van der Waals surface area contributed by atoms with Crippen LogP contribution in [0.25, 0.3) is 0 Å². The van der Waals surface area contributed by atoms with Crippen molar-refractivity contribution in [2.75, 3.05) is 13.7 Å². The number of allylic oxidation sites excluding steroid dienone is 2. The minimum atomic E-state index is -1.75. The number of aliphatic hydroxyl groups is 4. The highest BCUT2D eigenvalue weighted by atomic mass is 16.7. The van der Waals surface area contributed by atoms with Gasteiger partial charge in [-0.05, 0) is 42.9 Å². The summed E-state index contributed by atoms with van der Waals surface area (Å²) in [6.45, 7) is 4.02. The molecule has 1 aromatic rings. The number of unbranched alkanes of at least 4 members (excludes halogenated alkanes) is 2. The molecule has 1 fully saturated rings. The predicted octanol–water partition coefficient (Wildman–Crippen LogP) is 1.11. The summed E-state index contributed by atoms with van der Waals surface area (Å²) in [5, 5.41) is 41.4. The van der Waals surface area contributed by atoms with Crippen LogP contribution >= 0.6 is 0 Å². The van der Waals surface area contributed by atoms with E-state index >= 15 is 0 Å². The molecule has 0 aliphatic carbocycles. The molecular formula is C28H41NO11. The Morgan fingerprint density at radius 1 is 0.975 bits per heavy atom. The fourth-order valence-corrected chi connectivity index (χ4v) is 3.81. The lowest BCUT2D eigenvalue weighted by molar-refractivity contribution is -0.287. The Morgan fingerprint density at radius 2 is 1.70 bits per heavy atom. The molecule has 1 amide bonds. The summed E-state index contributed by atoms with van der Waals surface area (Å²) in [6.07, 6.45) is -1.19. The number of nitrogens with one attached hydrogen (secondary N) is 1. The topological polar surface area (TPSA) is 181 Å². The Morgan fingerprint density at radius 3 is 2.40 bits per heavy atom. The highest BCUT2D eigenvalue weighted by molar-refractivity contribution is 5.79. The zero-order valence-corrected chi connectivity index (χ0v) is 23.2. The molecule has 1 aromatic carbocycles. The van der Waals surface area contributed by atoms with Crippen molar-refractivity contribution in [1.29, 1.82) is 0 Å². The summed E-state index contributed by atoms with van der Waals surface area (Å²) in [5.74, 6) is -0.623. The monoisotopic (exact) mass is 567 g/mol. The largest absolute Gasteiger partial charge is 0.493 e. The van der Waals surface area contributed by atoms with Crippen LogP contribution in [-0.2, 0) is 30.4 Å². The molecule has 12 heteroatoms. The molecule has 5 N–H and O–H groups in total. The first-order valence-electron chi connectivity index (χ1n) is 13.4. The second kappa shape index (κ2) is 16.9. The number of hydrogen-bond donors (Lipinski definition) is 5. The first kappa shape index (κ1) is 33.2. The lowest BCUT2D eigenvalue weighted by atomic mass is 9.99. The molecule has 2 rings (SSSR count). The van der Waals surface area contributed by atoms with Gasteiger partial charge in [-0.25, -0.2) is 0 Å². The van der Waals surface area contributed by atoms with E-state index in [1.54, 1.807) is 12.1 Å². The first-order valence-corrected chi connectivity index (χ1v) is 13.4. The molecule has 5 atom stereocenters. The number of aliphatic hydroxyl groups excluding tert-OH is 4. The fourth-order valence-electron chi connectivity index (χ4n) is 3.81. The molecule has 3 unspecified atom stereocenters. The van der Waals surface area contributed by atoms with Crippen molar-refractivity contribution >= 4 is 17.8 Å². The van der Waals surface area contributed by atoms with Gasteiger partial charge in [0.05, 0.1) is 20.0 Å². The van der Waals surface area contributed by atoms with Crippen LogP contribution in [0.2, 0.25) is 0 Å². The third kappa shape index (κ3) is 11.2. The lowest BCUT2D eigenvalue weighted by Gasteiger charge is -2.37. The van der Waals surface area contributed by atoms with Crippen LogP contribution in [0.1, 0.15) is 57.9 Å². The summed E-state index contributed by atoms with van der Waals surface area (Å²) in [4.78, 5) is 36.4. The van der Waals surface area contributed by atoms with E-state index in [1.165, 1.54) is 13.2 Å². The van der Waals surface area contributed by atoms with E-state index in [0.29, 0.717) is 12.3 Å². The van der Waals surface area contributed by atoms with Crippen LogP contribution in [0, 0.1) is 5.92 Å². The maximum absolute atomic E-state index is 12.3. The minimum Gasteiger partial charge on any atom is -0.493 e. The standard InChI is InChI=1S/C28H41NO11/c1-17(2)8-6-4-5-7-9-22(30)29-15-18-10-11-19(20(14-18)37-3)39-24(32)13-12-23(31)38-16-21-25(33)26(34)27(35)28(36)40-21/h6,8,10-11,14,17,21,25-28,33-36H,4-5,7,9,12-13,15-16H2,1-3H3,(H,29,30)/b8-6+/t21-,25?,26+,27?,28?/m1/s1. The van der Waals surface area contributed by atoms with Gasteiger partial charge >= 0.3 is 11.9 Å². The van der Waals surface area contributed by atoms with Crippen molar-refractivity contribution in [2.45, 2.75) is 89.6 Å². The van der Waals surface area contributed by atoms with Gasteiger partial charge in [0, 0.05) is 13.0 Å². The van der Waals surface area contributed by atoms with Gasteiger partial charge in [0.25, 0.3) is 0 Å². The second-order valence-electron chi connectivity index (χ2n) is 9.87. The van der Waals surface area contributed by atoms with Crippen LogP contribution in [-0.4, -0.2) is 82.7 Å². The third-order valence-corrected chi connectivity index (χ3v) is 6.12. The summed E-state index contributed by atoms with van der Waals surface area (Å²) in [6, 6.07) is 4.86. The van der Waals surface area contributed by atoms with Gasteiger partial charge in [-0.1, -0.05) is 32.1 Å². The van der Waals surface area contributed by atoms with E-state index in [4.69, 9.17) is 18.9 Å². The van der Waals surface area contributed by atoms with Crippen LogP contribution in [0.4, 0.5) is 0 Å². The molecule has 0 bridgehead atoms. The summed E-state index contributed by atoms with van der Waals surface area (Å²) < 4.78 is 20.5. The van der Waals surface area contributed by atoms with Crippen molar-refractivity contribution in [2.24, 2.45) is 5.92 Å². The van der Waals surface area contributed by atoms with Gasteiger partial charge in [-0.2, -0.15) is 0 Å². The molecule has 0 aromatic heterocycles. The van der Waals surface area contributed by atoms with Gasteiger partial charge in [0.2, 0.25) is 5.91 Å². The normalized spacial score (nSPS) is 22.8. The first-order chi connectivity index (χ1) is 19.0. The Labute approximate surface area is 233 Å². The number of carbonyl (C=O) groups excluding carboxylic acids is 3. The number of carbonyl (C=O) groups is 3. The maximum Gasteiger partial charge on any atom is 0.311 e. The Balaban J connectivity index is 1.73. The quantitative estimate of drug-likeness (QED) is 0.0886. The van der Waals surface area contributed by atoms with E-state index in [-0.39, 0.29) is 36.8 Å². The molecule has 0 radical (unpaired) electrons. The van der Waals surface area contributed by atoms with Crippen molar-refractivity contribution < 1.29 is 53.8 Å². The third-order valence-electron chi connectivity index (χ3n) is 6.12. The second-order valence-corrected chi connectivity index (χ2v) is 9.87. The molecule has 1 heterocycles. The van der Waals surface area contributed by atoms with E-state index < -0.39 is 49.3 Å². The number of benzene rings is 1. The minimum absolute atomic E-state index is 0.0521. The molecule has 1 aliphatic heterocycles. The maximum atomic E-state index is 12.3. The van der Waals surface area contributed by atoms with Crippen molar-refractivity contribution in [3.8, 4) is 11.5 Å². The van der Waals surface area contributed by atoms with E-state index in [9.17, 15) is 34.8 Å². The van der Waals surface area contributed by atoms with Crippen LogP contribution < -0.4 is 14.8 Å². The molecule has 0 spiro atoms. The SMILES string of the molecule is COc1cc(CNC(=O)CCCC/C=C/C(C)C)ccc1OC(=O)CCC(=O)OC[C@H]1OC(O)C(O)[C@@H](O)C1O. The number of esters is 2. The molecule has 40 heavy (non-hydrogen) atoms. The average Bonchev–Trinajstić information content (AvgIpc) is 2.93. The molecule has 1 aliphatic rings. The van der Waals surface area contributed by atoms with Crippen molar-refractivity contribution in [3.63, 3.8) is 0 Å². The van der Waals surface area contributed by atoms with Crippen molar-refractivity contribution in [3.05, 3.63) is 35.9 Å². The highest BCUT2D eigenvalue weighted by Gasteiger charge is 2.43. The Hall–Kier alpha value is -3.03. The smallest absolute Gasteiger partial charge is 0.311 e. The number of ether oxygens (including phenoxy) is 4. The summed E-state index contributed by atoms with van der Waals surface area (Å²) >= 11 is 0. The van der Waals surface area contributed by atoms with E-state index in [2.05, 4.69) is 31.3 Å². The number of hydrogen-bond acceptors (Lipinski definition) is 11. The van der Waals surface area contributed by atoms with Crippen molar-refractivity contribution in [1.82, 2.24) is 5.32 Å². The fraction of sp³-hybridized carbons (Fsp3) is 0.607. The van der Waals surface area contributed by atoms with Crippen LogP contribution in [0.3, 0.4) is 0 Å². The van der Waals surface area contributed by atoms with Gasteiger partial charge in [0.1, 0.15) is 31.0 Å². The molecule has 1 saturated heterocycles. The van der Waals surface area contributed by atoms with Gasteiger partial charge < -0.3 is 44.7 Å². The predicted molar refractivity (Wildman–Crippen MR) is 142 cm³/mol. The van der Waals surface area contributed by atoms with E-state index in [0.717, 1.165) is 24.8 Å². The summed E-state index contributed by atoms with van der Waals surface area (Å²) in [7, 11) is 1.41. The number of methoxy groups -OCH3 is 1. The summed E-state index contributed by atoms with van der Waals surface area (Å²) in [5.41, 5.74) is 0.753. The van der Waals surface area contributed by atoms with Gasteiger partial charge in [0.15, 0.2) is 17.8 Å². The number of amides is 1. The Bertz CT molecular complexity index is 996. The van der Waals surface area contributed by atoms with Crippen LogP contribution in [0.5, 0.6) is 11.5 Å². The molecular weight excluding hydrogens is 526 g/mol. The van der Waals surface area contributed by atoms with Gasteiger partial charge in [-0.3, -0.25) is 14.4 Å². The molecule has 0 saturated carbocycles.